The summed E-state index contributed by atoms with van der Waals surface area (Å²) in [6, 6.07) is 4.09. The van der Waals surface area contributed by atoms with Gasteiger partial charge in [-0.3, -0.25) is 4.79 Å². The van der Waals surface area contributed by atoms with E-state index >= 15 is 0 Å². The number of phenolic OH excluding ortho intramolecular Hbond substituents is 1. The third-order valence-electron chi connectivity index (χ3n) is 2.71. The Labute approximate surface area is 108 Å². The molecule has 2 atom stereocenters. The second kappa shape index (κ2) is 5.68. The molecule has 2 unspecified atom stereocenters. The van der Waals surface area contributed by atoms with Gasteiger partial charge in [0.25, 0.3) is 0 Å². The largest absolute Gasteiger partial charge is 0.508 e. The summed E-state index contributed by atoms with van der Waals surface area (Å²) < 4.78 is 0. The van der Waals surface area contributed by atoms with Gasteiger partial charge in [0.15, 0.2) is 5.60 Å². The zero-order valence-electron chi connectivity index (χ0n) is 9.98. The van der Waals surface area contributed by atoms with Gasteiger partial charge in [0.05, 0.1) is 0 Å². The van der Waals surface area contributed by atoms with Crippen molar-refractivity contribution in [1.82, 2.24) is 0 Å². The highest BCUT2D eigenvalue weighted by molar-refractivity contribution is 5.80. The molecule has 0 spiro atoms. The highest BCUT2D eigenvalue weighted by Crippen LogP contribution is 2.21. The van der Waals surface area contributed by atoms with Crippen LogP contribution in [0.15, 0.2) is 24.3 Å². The molecule has 0 radical (unpaired) electrons. The van der Waals surface area contributed by atoms with E-state index in [4.69, 9.17) is 21.1 Å². The molecule has 0 saturated carbocycles. The average Bonchev–Trinajstić information content (AvgIpc) is 2.31. The summed E-state index contributed by atoms with van der Waals surface area (Å²) in [7, 11) is 0. The fraction of sp³-hybridized carbons (Fsp3) is 0.333. The van der Waals surface area contributed by atoms with Crippen LogP contribution in [0.1, 0.15) is 12.0 Å². The molecule has 19 heavy (non-hydrogen) atoms. The summed E-state index contributed by atoms with van der Waals surface area (Å²) in [4.78, 5) is 21.7. The van der Waals surface area contributed by atoms with Gasteiger partial charge in [0, 0.05) is 12.8 Å². The highest BCUT2D eigenvalue weighted by Gasteiger charge is 2.39. The second-order valence-corrected chi connectivity index (χ2v) is 4.33. The number of aromatic hydroxyl groups is 1. The van der Waals surface area contributed by atoms with Gasteiger partial charge in [-0.1, -0.05) is 12.1 Å². The Bertz CT molecular complexity index is 472. The van der Waals surface area contributed by atoms with Gasteiger partial charge in [0.1, 0.15) is 11.8 Å². The van der Waals surface area contributed by atoms with Crippen LogP contribution in [0.5, 0.6) is 5.75 Å². The van der Waals surface area contributed by atoms with E-state index in [2.05, 4.69) is 0 Å². The Kier molecular flexibility index (Phi) is 4.47. The molecular weight excluding hydrogens is 254 g/mol. The zero-order valence-corrected chi connectivity index (χ0v) is 9.98. The van der Waals surface area contributed by atoms with Gasteiger partial charge in [-0.05, 0) is 17.7 Å². The van der Waals surface area contributed by atoms with Crippen molar-refractivity contribution in [3.8, 4) is 5.75 Å². The first-order valence-electron chi connectivity index (χ1n) is 5.46. The van der Waals surface area contributed by atoms with E-state index in [0.717, 1.165) is 0 Å². The summed E-state index contributed by atoms with van der Waals surface area (Å²) >= 11 is 0. The summed E-state index contributed by atoms with van der Waals surface area (Å²) in [5.41, 5.74) is 3.43. The molecule has 1 rings (SSSR count). The number of hydrogen-bond acceptors (Lipinski definition) is 5. The molecule has 0 amide bonds. The van der Waals surface area contributed by atoms with Crippen molar-refractivity contribution >= 4 is 11.9 Å². The molecule has 1 aromatic carbocycles. The van der Waals surface area contributed by atoms with Crippen LogP contribution in [-0.4, -0.2) is 44.0 Å². The Balaban J connectivity index is 2.90. The lowest BCUT2D eigenvalue weighted by atomic mass is 9.88. The Morgan fingerprint density at radius 2 is 1.74 bits per heavy atom. The third-order valence-corrected chi connectivity index (χ3v) is 2.71. The maximum absolute atomic E-state index is 11.1. The molecule has 0 heterocycles. The molecule has 104 valence electrons. The monoisotopic (exact) mass is 269 g/mol. The standard InChI is InChI=1S/C12H15NO6/c13-9(10(15)16)6-12(19,11(17)18)5-7-1-3-8(14)4-2-7/h1-4,9,14,19H,5-6,13H2,(H,15,16)(H,17,18). The minimum absolute atomic E-state index is 0.00449. The van der Waals surface area contributed by atoms with Gasteiger partial charge >= 0.3 is 11.9 Å². The van der Waals surface area contributed by atoms with Crippen LogP contribution < -0.4 is 5.73 Å². The first-order valence-corrected chi connectivity index (χ1v) is 5.46. The number of aliphatic carboxylic acids is 2. The van der Waals surface area contributed by atoms with Crippen LogP contribution in [-0.2, 0) is 16.0 Å². The first-order chi connectivity index (χ1) is 8.74. The number of aliphatic hydroxyl groups is 1. The average molecular weight is 269 g/mol. The third kappa shape index (κ3) is 3.94. The lowest BCUT2D eigenvalue weighted by molar-refractivity contribution is -0.160. The van der Waals surface area contributed by atoms with Crippen LogP contribution >= 0.6 is 0 Å². The fourth-order valence-corrected chi connectivity index (χ4v) is 1.64. The van der Waals surface area contributed by atoms with E-state index in [1.165, 1.54) is 24.3 Å². The molecule has 0 bridgehead atoms. The van der Waals surface area contributed by atoms with Gasteiger partial charge in [0.2, 0.25) is 0 Å². The maximum Gasteiger partial charge on any atom is 0.336 e. The normalized spacial score (nSPS) is 15.5. The van der Waals surface area contributed by atoms with Crippen molar-refractivity contribution < 1.29 is 30.0 Å². The van der Waals surface area contributed by atoms with Crippen LogP contribution in [0.25, 0.3) is 0 Å². The van der Waals surface area contributed by atoms with Crippen molar-refractivity contribution in [1.29, 1.82) is 0 Å². The number of hydrogen-bond donors (Lipinski definition) is 5. The van der Waals surface area contributed by atoms with Crippen molar-refractivity contribution in [2.45, 2.75) is 24.5 Å². The molecule has 1 aromatic rings. The quantitative estimate of drug-likeness (QED) is 0.471. The molecule has 7 heteroatoms. The van der Waals surface area contributed by atoms with Crippen LogP contribution in [0.2, 0.25) is 0 Å². The van der Waals surface area contributed by atoms with E-state index in [1.54, 1.807) is 0 Å². The molecule has 0 fully saturated rings. The minimum Gasteiger partial charge on any atom is -0.508 e. The summed E-state index contributed by atoms with van der Waals surface area (Å²) in [5.74, 6) is -2.92. The predicted octanol–water partition coefficient (Wildman–Crippen LogP) is -0.448. The Morgan fingerprint density at radius 1 is 1.21 bits per heavy atom. The predicted molar refractivity (Wildman–Crippen MR) is 64.6 cm³/mol. The maximum atomic E-state index is 11.1. The first kappa shape index (κ1) is 14.9. The van der Waals surface area contributed by atoms with E-state index in [0.29, 0.717) is 5.56 Å². The fourth-order valence-electron chi connectivity index (χ4n) is 1.64. The summed E-state index contributed by atoms with van der Waals surface area (Å²) in [6.07, 6.45) is -0.915. The second-order valence-electron chi connectivity index (χ2n) is 4.33. The molecule has 0 aliphatic carbocycles. The van der Waals surface area contributed by atoms with Gasteiger partial charge in [-0.2, -0.15) is 0 Å². The topological polar surface area (TPSA) is 141 Å². The lowest BCUT2D eigenvalue weighted by Crippen LogP contribution is -2.48. The van der Waals surface area contributed by atoms with Gasteiger partial charge in [-0.15, -0.1) is 0 Å². The number of carboxylic acid groups (broad SMARTS) is 2. The van der Waals surface area contributed by atoms with Crippen LogP contribution in [0.4, 0.5) is 0 Å². The lowest BCUT2D eigenvalue weighted by Gasteiger charge is -2.25. The van der Waals surface area contributed by atoms with Crippen molar-refractivity contribution in [2.24, 2.45) is 5.73 Å². The van der Waals surface area contributed by atoms with E-state index in [9.17, 15) is 14.7 Å². The molecule has 0 saturated heterocycles. The molecule has 7 nitrogen and oxygen atoms in total. The SMILES string of the molecule is NC(CC(O)(Cc1ccc(O)cc1)C(=O)O)C(=O)O. The molecule has 6 N–H and O–H groups in total. The number of phenols is 1. The van der Waals surface area contributed by atoms with E-state index in [1.807, 2.05) is 0 Å². The van der Waals surface area contributed by atoms with Gasteiger partial charge < -0.3 is 26.2 Å². The van der Waals surface area contributed by atoms with Crippen LogP contribution in [0.3, 0.4) is 0 Å². The molecule has 0 aliphatic heterocycles. The summed E-state index contributed by atoms with van der Waals surface area (Å²) in [6.45, 7) is 0. The van der Waals surface area contributed by atoms with Gasteiger partial charge in [-0.25, -0.2) is 4.79 Å². The van der Waals surface area contributed by atoms with Crippen molar-refractivity contribution in [3.05, 3.63) is 29.8 Å². The minimum atomic E-state index is -2.27. The summed E-state index contributed by atoms with van der Waals surface area (Å²) in [5, 5.41) is 36.8. The van der Waals surface area contributed by atoms with Crippen molar-refractivity contribution in [3.63, 3.8) is 0 Å². The molecular formula is C12H15NO6. The highest BCUT2D eigenvalue weighted by atomic mass is 16.4. The van der Waals surface area contributed by atoms with Crippen molar-refractivity contribution in [2.75, 3.05) is 0 Å². The Hall–Kier alpha value is -2.12. The number of carboxylic acids is 2. The number of benzene rings is 1. The molecule has 0 aliphatic rings. The zero-order chi connectivity index (χ0) is 14.6. The number of carbonyl (C=O) groups is 2. The number of nitrogens with two attached hydrogens (primary N) is 1. The van der Waals surface area contributed by atoms with Crippen LogP contribution in [0, 0.1) is 0 Å². The smallest absolute Gasteiger partial charge is 0.336 e. The Morgan fingerprint density at radius 3 is 2.16 bits per heavy atom. The van der Waals surface area contributed by atoms with E-state index < -0.39 is 30.0 Å². The molecule has 0 aromatic heterocycles. The number of rotatable bonds is 6. The van der Waals surface area contributed by atoms with E-state index in [-0.39, 0.29) is 12.2 Å².